The standard InChI is InChI=1S/C20H19ClFNO3/c21-17-10-14(22)2-3-16(17)20(25)23-19(13-8-15(24)9-13)12-1-4-18-11(7-12)5-6-26-18/h1-4,7,10,13,15,19,24H,5-6,8-9H2,(H,23,25)/t13?,15?,19-/m0/s1. The summed E-state index contributed by atoms with van der Waals surface area (Å²) in [7, 11) is 0. The van der Waals surface area contributed by atoms with Crippen molar-refractivity contribution in [1.29, 1.82) is 0 Å². The number of nitrogens with one attached hydrogen (secondary N) is 1. The fraction of sp³-hybridized carbons (Fsp3) is 0.350. The molecular formula is C20H19ClFNO3. The number of amides is 1. The molecular weight excluding hydrogens is 357 g/mol. The molecule has 4 nitrogen and oxygen atoms in total. The van der Waals surface area contributed by atoms with Gasteiger partial charge >= 0.3 is 0 Å². The molecule has 136 valence electrons. The molecule has 0 aromatic heterocycles. The number of rotatable bonds is 4. The van der Waals surface area contributed by atoms with Crippen LogP contribution in [0.15, 0.2) is 36.4 Å². The van der Waals surface area contributed by atoms with Gasteiger partial charge in [-0.25, -0.2) is 4.39 Å². The van der Waals surface area contributed by atoms with Gasteiger partial charge < -0.3 is 15.2 Å². The smallest absolute Gasteiger partial charge is 0.253 e. The Bertz CT molecular complexity index is 851. The largest absolute Gasteiger partial charge is 0.493 e. The summed E-state index contributed by atoms with van der Waals surface area (Å²) in [5.74, 6) is 0.199. The molecule has 6 heteroatoms. The van der Waals surface area contributed by atoms with Crippen molar-refractivity contribution < 1.29 is 19.0 Å². The molecule has 1 saturated carbocycles. The van der Waals surface area contributed by atoms with Crippen molar-refractivity contribution in [1.82, 2.24) is 5.32 Å². The third-order valence-corrected chi connectivity index (χ3v) is 5.47. The summed E-state index contributed by atoms with van der Waals surface area (Å²) < 4.78 is 18.8. The van der Waals surface area contributed by atoms with E-state index in [1.165, 1.54) is 12.1 Å². The Morgan fingerprint density at radius 2 is 2.08 bits per heavy atom. The molecule has 0 saturated heterocycles. The van der Waals surface area contributed by atoms with Crippen LogP contribution in [-0.4, -0.2) is 23.7 Å². The van der Waals surface area contributed by atoms with Gasteiger partial charge in [-0.2, -0.15) is 0 Å². The minimum atomic E-state index is -0.483. The van der Waals surface area contributed by atoms with Crippen LogP contribution in [0.25, 0.3) is 0 Å². The first kappa shape index (κ1) is 17.3. The van der Waals surface area contributed by atoms with E-state index < -0.39 is 5.82 Å². The molecule has 1 atom stereocenters. The van der Waals surface area contributed by atoms with Gasteiger partial charge in [0.25, 0.3) is 5.91 Å². The van der Waals surface area contributed by atoms with Crippen molar-refractivity contribution in [3.05, 3.63) is 63.9 Å². The lowest BCUT2D eigenvalue weighted by Gasteiger charge is -2.38. The second kappa shape index (κ2) is 6.89. The zero-order chi connectivity index (χ0) is 18.3. The number of aliphatic hydroxyl groups excluding tert-OH is 1. The van der Waals surface area contributed by atoms with Crippen molar-refractivity contribution in [2.45, 2.75) is 31.4 Å². The minimum absolute atomic E-state index is 0.0808. The van der Waals surface area contributed by atoms with E-state index in [1.54, 1.807) is 0 Å². The zero-order valence-corrected chi connectivity index (χ0v) is 14.8. The Morgan fingerprint density at radius 1 is 1.27 bits per heavy atom. The number of fused-ring (bicyclic) bond motifs is 1. The number of carbonyl (C=O) groups is 1. The van der Waals surface area contributed by atoms with E-state index in [0.717, 1.165) is 29.4 Å². The molecule has 4 rings (SSSR count). The van der Waals surface area contributed by atoms with Crippen LogP contribution in [-0.2, 0) is 6.42 Å². The van der Waals surface area contributed by atoms with Crippen molar-refractivity contribution in [3.63, 3.8) is 0 Å². The van der Waals surface area contributed by atoms with E-state index in [-0.39, 0.29) is 34.6 Å². The summed E-state index contributed by atoms with van der Waals surface area (Å²) >= 11 is 6.02. The Hall–Kier alpha value is -2.11. The first-order chi connectivity index (χ1) is 12.5. The monoisotopic (exact) mass is 375 g/mol. The highest BCUT2D eigenvalue weighted by molar-refractivity contribution is 6.33. The summed E-state index contributed by atoms with van der Waals surface area (Å²) in [6.07, 6.45) is 1.79. The number of halogens is 2. The second-order valence-corrected chi connectivity index (χ2v) is 7.33. The summed E-state index contributed by atoms with van der Waals surface area (Å²) in [4.78, 5) is 12.7. The summed E-state index contributed by atoms with van der Waals surface area (Å²) in [6.45, 7) is 0.670. The zero-order valence-electron chi connectivity index (χ0n) is 14.0. The summed E-state index contributed by atoms with van der Waals surface area (Å²) in [6, 6.07) is 9.43. The number of benzene rings is 2. The van der Waals surface area contributed by atoms with Gasteiger partial charge in [0.05, 0.1) is 29.3 Å². The fourth-order valence-corrected chi connectivity index (χ4v) is 3.92. The molecule has 2 aromatic carbocycles. The molecule has 26 heavy (non-hydrogen) atoms. The van der Waals surface area contributed by atoms with Gasteiger partial charge in [-0.15, -0.1) is 0 Å². The highest BCUT2D eigenvalue weighted by Crippen LogP contribution is 2.40. The average molecular weight is 376 g/mol. The van der Waals surface area contributed by atoms with Crippen LogP contribution in [0.4, 0.5) is 4.39 Å². The highest BCUT2D eigenvalue weighted by atomic mass is 35.5. The normalized spacial score (nSPS) is 22.1. The Labute approximate surface area is 155 Å². The van der Waals surface area contributed by atoms with E-state index in [9.17, 15) is 14.3 Å². The van der Waals surface area contributed by atoms with Gasteiger partial charge in [0.2, 0.25) is 0 Å². The number of hydrogen-bond acceptors (Lipinski definition) is 3. The molecule has 1 amide bonds. The van der Waals surface area contributed by atoms with Crippen molar-refractivity contribution >= 4 is 17.5 Å². The van der Waals surface area contributed by atoms with Crippen LogP contribution in [0.5, 0.6) is 5.75 Å². The van der Waals surface area contributed by atoms with E-state index in [1.807, 2.05) is 12.1 Å². The minimum Gasteiger partial charge on any atom is -0.493 e. The third-order valence-electron chi connectivity index (χ3n) is 5.16. The number of hydrogen-bond donors (Lipinski definition) is 2. The van der Waals surface area contributed by atoms with E-state index in [2.05, 4.69) is 11.4 Å². The Kier molecular flexibility index (Phi) is 4.59. The van der Waals surface area contributed by atoms with Crippen LogP contribution in [0.2, 0.25) is 5.02 Å². The molecule has 1 fully saturated rings. The van der Waals surface area contributed by atoms with Crippen LogP contribution in [0.3, 0.4) is 0 Å². The predicted molar refractivity (Wildman–Crippen MR) is 96.0 cm³/mol. The highest BCUT2D eigenvalue weighted by Gasteiger charge is 2.36. The first-order valence-electron chi connectivity index (χ1n) is 8.71. The maximum atomic E-state index is 13.2. The van der Waals surface area contributed by atoms with Crippen LogP contribution in [0, 0.1) is 11.7 Å². The summed E-state index contributed by atoms with van der Waals surface area (Å²) in [5, 5.41) is 12.8. The average Bonchev–Trinajstić information content (AvgIpc) is 3.04. The predicted octanol–water partition coefficient (Wildman–Crippen LogP) is 3.66. The molecule has 2 aromatic rings. The Balaban J connectivity index is 1.60. The first-order valence-corrected chi connectivity index (χ1v) is 9.08. The number of aliphatic hydroxyl groups is 1. The van der Waals surface area contributed by atoms with Gasteiger partial charge in [-0.1, -0.05) is 17.7 Å². The molecule has 1 aliphatic carbocycles. The van der Waals surface area contributed by atoms with E-state index in [0.29, 0.717) is 19.4 Å². The molecule has 1 heterocycles. The lowest BCUT2D eigenvalue weighted by Crippen LogP contribution is -2.41. The third kappa shape index (κ3) is 3.29. The maximum absolute atomic E-state index is 13.2. The molecule has 0 unspecified atom stereocenters. The second-order valence-electron chi connectivity index (χ2n) is 6.93. The SMILES string of the molecule is O=C(N[C@@H](c1ccc2c(c1)CCO2)C1CC(O)C1)c1ccc(F)cc1Cl. The van der Waals surface area contributed by atoms with Gasteiger partial charge in [0, 0.05) is 6.42 Å². The van der Waals surface area contributed by atoms with E-state index in [4.69, 9.17) is 16.3 Å². The molecule has 0 spiro atoms. The molecule has 0 radical (unpaired) electrons. The lowest BCUT2D eigenvalue weighted by atomic mass is 9.74. The number of ether oxygens (including phenoxy) is 1. The molecule has 1 aliphatic heterocycles. The van der Waals surface area contributed by atoms with Crippen LogP contribution >= 0.6 is 11.6 Å². The maximum Gasteiger partial charge on any atom is 0.253 e. The van der Waals surface area contributed by atoms with Crippen molar-refractivity contribution in [2.75, 3.05) is 6.61 Å². The molecule has 0 bridgehead atoms. The van der Waals surface area contributed by atoms with Gasteiger partial charge in [0.15, 0.2) is 0 Å². The summed E-state index contributed by atoms with van der Waals surface area (Å²) in [5.41, 5.74) is 2.35. The Morgan fingerprint density at radius 3 is 2.81 bits per heavy atom. The van der Waals surface area contributed by atoms with Crippen molar-refractivity contribution in [2.24, 2.45) is 5.92 Å². The van der Waals surface area contributed by atoms with Gasteiger partial charge in [-0.05, 0) is 60.2 Å². The van der Waals surface area contributed by atoms with E-state index >= 15 is 0 Å². The van der Waals surface area contributed by atoms with Gasteiger partial charge in [0.1, 0.15) is 11.6 Å². The molecule has 2 N–H and O–H groups in total. The molecule has 2 aliphatic rings. The fourth-order valence-electron chi connectivity index (χ4n) is 3.67. The van der Waals surface area contributed by atoms with Crippen LogP contribution < -0.4 is 10.1 Å². The quantitative estimate of drug-likeness (QED) is 0.857. The topological polar surface area (TPSA) is 58.6 Å². The number of carbonyl (C=O) groups excluding carboxylic acids is 1. The van der Waals surface area contributed by atoms with Crippen LogP contribution in [0.1, 0.15) is 40.4 Å². The van der Waals surface area contributed by atoms with Crippen molar-refractivity contribution in [3.8, 4) is 5.75 Å². The van der Waals surface area contributed by atoms with Gasteiger partial charge in [-0.3, -0.25) is 4.79 Å². The lowest BCUT2D eigenvalue weighted by molar-refractivity contribution is 0.0235.